The number of carbonyl (C=O) groups excluding carboxylic acids is 1. The average molecular weight is 428 g/mol. The number of rotatable bonds is 6. The van der Waals surface area contributed by atoms with Gasteiger partial charge >= 0.3 is 0 Å². The van der Waals surface area contributed by atoms with Gasteiger partial charge in [-0.05, 0) is 49.5 Å². The van der Waals surface area contributed by atoms with Crippen LogP contribution < -0.4 is 10.1 Å². The molecule has 0 spiro atoms. The molecular weight excluding hydrogens is 404 g/mol. The minimum absolute atomic E-state index is 0.0401. The summed E-state index contributed by atoms with van der Waals surface area (Å²) in [5, 5.41) is 9.43. The van der Waals surface area contributed by atoms with Crippen molar-refractivity contribution >= 4 is 16.6 Å². The number of ether oxygens (including phenoxy) is 1. The normalized spacial score (nSPS) is 14.5. The molecule has 0 saturated carbocycles. The van der Waals surface area contributed by atoms with Gasteiger partial charge in [-0.1, -0.05) is 0 Å². The summed E-state index contributed by atoms with van der Waals surface area (Å²) in [5.41, 5.74) is 3.01. The molecular formula is C24H24N6O2. The van der Waals surface area contributed by atoms with E-state index in [2.05, 4.69) is 25.4 Å². The van der Waals surface area contributed by atoms with E-state index in [0.29, 0.717) is 17.0 Å². The van der Waals surface area contributed by atoms with Crippen LogP contribution in [0.15, 0.2) is 55.4 Å². The van der Waals surface area contributed by atoms with Gasteiger partial charge in [-0.25, -0.2) is 0 Å². The lowest BCUT2D eigenvalue weighted by molar-refractivity contribution is 0.0990. The Bertz CT molecular complexity index is 1260. The summed E-state index contributed by atoms with van der Waals surface area (Å²) >= 11 is 0. The lowest BCUT2D eigenvalue weighted by Gasteiger charge is -2.23. The minimum atomic E-state index is -0.0401. The molecule has 0 amide bonds. The number of aryl methyl sites for hydroxylation is 1. The molecule has 4 aromatic heterocycles. The molecule has 8 heteroatoms. The van der Waals surface area contributed by atoms with Crippen LogP contribution in [0.2, 0.25) is 0 Å². The van der Waals surface area contributed by atoms with Crippen molar-refractivity contribution in [3.05, 3.63) is 66.6 Å². The van der Waals surface area contributed by atoms with E-state index in [4.69, 9.17) is 4.74 Å². The quantitative estimate of drug-likeness (QED) is 0.472. The molecule has 4 aromatic rings. The molecule has 0 aromatic carbocycles. The summed E-state index contributed by atoms with van der Waals surface area (Å²) in [7, 11) is 1.87. The Kier molecular flexibility index (Phi) is 5.60. The molecule has 0 radical (unpaired) electrons. The number of hydrogen-bond acceptors (Lipinski definition) is 7. The monoisotopic (exact) mass is 428 g/mol. The highest BCUT2D eigenvalue weighted by Gasteiger charge is 2.16. The molecule has 0 atom stereocenters. The van der Waals surface area contributed by atoms with Crippen molar-refractivity contribution in [1.82, 2.24) is 30.0 Å². The highest BCUT2D eigenvalue weighted by Crippen LogP contribution is 2.23. The zero-order chi connectivity index (χ0) is 21.9. The van der Waals surface area contributed by atoms with Crippen LogP contribution in [0.25, 0.3) is 22.0 Å². The van der Waals surface area contributed by atoms with Crippen molar-refractivity contribution in [3.8, 4) is 17.0 Å². The van der Waals surface area contributed by atoms with Gasteiger partial charge in [0.25, 0.3) is 0 Å². The number of piperidine rings is 1. The van der Waals surface area contributed by atoms with Gasteiger partial charge in [0.2, 0.25) is 0 Å². The van der Waals surface area contributed by atoms with Gasteiger partial charge in [-0.3, -0.25) is 24.4 Å². The fraction of sp³-hybridized carbons (Fsp3) is 0.292. The predicted octanol–water partition coefficient (Wildman–Crippen LogP) is 2.98. The van der Waals surface area contributed by atoms with E-state index in [1.807, 2.05) is 25.4 Å². The van der Waals surface area contributed by atoms with E-state index in [-0.39, 0.29) is 18.3 Å². The van der Waals surface area contributed by atoms with Gasteiger partial charge in [0.05, 0.1) is 24.5 Å². The summed E-state index contributed by atoms with van der Waals surface area (Å²) in [5.74, 6) is 0.600. The third kappa shape index (κ3) is 4.50. The number of fused-ring (bicyclic) bond motifs is 1. The molecule has 162 valence electrons. The van der Waals surface area contributed by atoms with Crippen molar-refractivity contribution in [1.29, 1.82) is 0 Å². The Morgan fingerprint density at radius 2 is 1.91 bits per heavy atom. The molecule has 32 heavy (non-hydrogen) atoms. The van der Waals surface area contributed by atoms with Crippen molar-refractivity contribution in [3.63, 3.8) is 0 Å². The van der Waals surface area contributed by atoms with E-state index in [1.54, 1.807) is 41.7 Å². The number of nitrogens with one attached hydrogen (secondary N) is 1. The lowest BCUT2D eigenvalue weighted by atomic mass is 10.1. The fourth-order valence-electron chi connectivity index (χ4n) is 3.90. The van der Waals surface area contributed by atoms with Crippen LogP contribution in [0.1, 0.15) is 28.9 Å². The summed E-state index contributed by atoms with van der Waals surface area (Å²) in [6.07, 6.45) is 12.8. The number of aromatic nitrogens is 5. The molecule has 1 aliphatic heterocycles. The average Bonchev–Trinajstić information content (AvgIpc) is 3.26. The van der Waals surface area contributed by atoms with Gasteiger partial charge in [0.1, 0.15) is 11.9 Å². The summed E-state index contributed by atoms with van der Waals surface area (Å²) in [6.45, 7) is 1.89. The highest BCUT2D eigenvalue weighted by atomic mass is 16.5. The molecule has 0 aliphatic carbocycles. The van der Waals surface area contributed by atoms with Crippen LogP contribution >= 0.6 is 0 Å². The van der Waals surface area contributed by atoms with Crippen molar-refractivity contribution in [2.75, 3.05) is 13.1 Å². The van der Waals surface area contributed by atoms with Crippen LogP contribution in [-0.2, 0) is 13.5 Å². The Labute approximate surface area is 185 Å². The molecule has 0 unspecified atom stereocenters. The lowest BCUT2D eigenvalue weighted by Crippen LogP contribution is -2.34. The van der Waals surface area contributed by atoms with Crippen molar-refractivity contribution in [2.24, 2.45) is 7.05 Å². The van der Waals surface area contributed by atoms with Crippen LogP contribution in [0.4, 0.5) is 0 Å². The van der Waals surface area contributed by atoms with Crippen LogP contribution in [0.3, 0.4) is 0 Å². The van der Waals surface area contributed by atoms with E-state index >= 15 is 0 Å². The Morgan fingerprint density at radius 3 is 2.72 bits per heavy atom. The molecule has 8 nitrogen and oxygen atoms in total. The first-order valence-electron chi connectivity index (χ1n) is 10.7. The minimum Gasteiger partial charge on any atom is -0.489 e. The van der Waals surface area contributed by atoms with E-state index in [9.17, 15) is 4.79 Å². The van der Waals surface area contributed by atoms with Crippen LogP contribution in [0.5, 0.6) is 5.75 Å². The standard InChI is InChI=1S/C24H24N6O2/c1-30-15-19(13-29-30)23-8-16-6-20(27-11-18(16)12-28-23)9-24(31)17-7-22(14-26-10-17)32-21-2-4-25-5-3-21/h6-8,10-15,21,25H,2-5,9H2,1H3. The van der Waals surface area contributed by atoms with Crippen LogP contribution in [-0.4, -0.2) is 49.7 Å². The topological polar surface area (TPSA) is 94.8 Å². The zero-order valence-corrected chi connectivity index (χ0v) is 17.9. The number of hydrogen-bond donors (Lipinski definition) is 1. The smallest absolute Gasteiger partial charge is 0.170 e. The Hall–Kier alpha value is -3.65. The van der Waals surface area contributed by atoms with Gasteiger partial charge in [-0.15, -0.1) is 0 Å². The SMILES string of the molecule is Cn1cc(-c2cc3cc(CC(=O)c4cncc(OC5CCNCC5)c4)ncc3cn2)cn1. The number of Topliss-reactive ketones (excluding diaryl/α,β-unsaturated/α-hetero) is 1. The van der Waals surface area contributed by atoms with E-state index in [0.717, 1.165) is 48.0 Å². The van der Waals surface area contributed by atoms with Gasteiger partial charge in [0, 0.05) is 54.0 Å². The largest absolute Gasteiger partial charge is 0.489 e. The number of ketones is 1. The summed E-state index contributed by atoms with van der Waals surface area (Å²) < 4.78 is 7.77. The second-order valence-electron chi connectivity index (χ2n) is 8.07. The molecule has 1 N–H and O–H groups in total. The second kappa shape index (κ2) is 8.84. The number of nitrogens with zero attached hydrogens (tertiary/aromatic N) is 5. The van der Waals surface area contributed by atoms with Crippen molar-refractivity contribution < 1.29 is 9.53 Å². The molecule has 1 fully saturated rings. The number of carbonyl (C=O) groups is 1. The highest BCUT2D eigenvalue weighted by molar-refractivity contribution is 5.97. The predicted molar refractivity (Wildman–Crippen MR) is 121 cm³/mol. The Balaban J connectivity index is 1.33. The first-order valence-corrected chi connectivity index (χ1v) is 10.7. The zero-order valence-electron chi connectivity index (χ0n) is 17.9. The molecule has 0 bridgehead atoms. The maximum Gasteiger partial charge on any atom is 0.170 e. The molecule has 1 aliphatic rings. The Morgan fingerprint density at radius 1 is 1.06 bits per heavy atom. The van der Waals surface area contributed by atoms with E-state index < -0.39 is 0 Å². The van der Waals surface area contributed by atoms with Gasteiger partial charge < -0.3 is 10.1 Å². The summed E-state index contributed by atoms with van der Waals surface area (Å²) in [4.78, 5) is 26.1. The third-order valence-electron chi connectivity index (χ3n) is 5.63. The molecule has 5 heterocycles. The first kappa shape index (κ1) is 20.3. The van der Waals surface area contributed by atoms with Crippen molar-refractivity contribution in [2.45, 2.75) is 25.4 Å². The van der Waals surface area contributed by atoms with Crippen LogP contribution in [0, 0.1) is 0 Å². The maximum absolute atomic E-state index is 12.9. The molecule has 1 saturated heterocycles. The fourth-order valence-corrected chi connectivity index (χ4v) is 3.90. The summed E-state index contributed by atoms with van der Waals surface area (Å²) in [6, 6.07) is 5.72. The van der Waals surface area contributed by atoms with E-state index in [1.165, 1.54) is 0 Å². The maximum atomic E-state index is 12.9. The van der Waals surface area contributed by atoms with Gasteiger partial charge in [-0.2, -0.15) is 5.10 Å². The third-order valence-corrected chi connectivity index (χ3v) is 5.63. The first-order chi connectivity index (χ1) is 15.6. The molecule has 5 rings (SSSR count). The van der Waals surface area contributed by atoms with Gasteiger partial charge in [0.15, 0.2) is 5.78 Å². The number of pyridine rings is 3. The second-order valence-corrected chi connectivity index (χ2v) is 8.07.